The highest BCUT2D eigenvalue weighted by Gasteiger charge is 2.11. The van der Waals surface area contributed by atoms with Crippen LogP contribution in [0.25, 0.3) is 10.6 Å². The molecule has 0 bridgehead atoms. The Labute approximate surface area is 133 Å². The predicted octanol–water partition coefficient (Wildman–Crippen LogP) is 3.54. The minimum atomic E-state index is -3.30. The third-order valence-electron chi connectivity index (χ3n) is 3.05. The Morgan fingerprint density at radius 1 is 1.00 bits per heavy atom. The van der Waals surface area contributed by atoms with Gasteiger partial charge in [-0.1, -0.05) is 35.9 Å². The van der Waals surface area contributed by atoms with Crippen molar-refractivity contribution in [1.82, 2.24) is 0 Å². The van der Waals surface area contributed by atoms with E-state index in [1.54, 1.807) is 0 Å². The van der Waals surface area contributed by atoms with Gasteiger partial charge < -0.3 is 0 Å². The van der Waals surface area contributed by atoms with Gasteiger partial charge in [0.1, 0.15) is 5.82 Å². The van der Waals surface area contributed by atoms with Crippen LogP contribution in [0, 0.1) is 5.82 Å². The lowest BCUT2D eigenvalue weighted by Crippen LogP contribution is -1.97. The molecule has 6 heteroatoms. The lowest BCUT2D eigenvalue weighted by atomic mass is 10.0. The van der Waals surface area contributed by atoms with Gasteiger partial charge in [-0.25, -0.2) is 12.8 Å². The first-order chi connectivity index (χ1) is 10.3. The zero-order chi connectivity index (χ0) is 16.3. The molecule has 0 heterocycles. The first-order valence-corrected chi connectivity index (χ1v) is 8.51. The molecule has 0 amide bonds. The highest BCUT2D eigenvalue weighted by Crippen LogP contribution is 2.29. The van der Waals surface area contributed by atoms with E-state index in [0.29, 0.717) is 17.4 Å². The number of rotatable bonds is 4. The maximum atomic E-state index is 12.9. The number of aldehydes is 1. The van der Waals surface area contributed by atoms with Crippen molar-refractivity contribution < 1.29 is 17.6 Å². The second-order valence-electron chi connectivity index (χ2n) is 4.65. The van der Waals surface area contributed by atoms with Crippen LogP contribution >= 0.6 is 11.6 Å². The molecule has 0 spiro atoms. The van der Waals surface area contributed by atoms with Crippen LogP contribution < -0.4 is 0 Å². The van der Waals surface area contributed by atoms with Gasteiger partial charge in [0, 0.05) is 11.8 Å². The molecule has 3 nitrogen and oxygen atoms in total. The maximum absolute atomic E-state index is 12.9. The average molecular weight is 339 g/mol. The van der Waals surface area contributed by atoms with Crippen LogP contribution in [0.4, 0.5) is 4.39 Å². The number of hydrogen-bond donors (Lipinski definition) is 0. The van der Waals surface area contributed by atoms with E-state index in [2.05, 4.69) is 0 Å². The molecule has 0 radical (unpaired) electrons. The van der Waals surface area contributed by atoms with Crippen molar-refractivity contribution in [3.8, 4) is 0 Å². The summed E-state index contributed by atoms with van der Waals surface area (Å²) in [6.07, 6.45) is 1.69. The molecule has 114 valence electrons. The smallest absolute Gasteiger partial charge is 0.175 e. The van der Waals surface area contributed by atoms with Crippen LogP contribution in [0.2, 0.25) is 0 Å². The zero-order valence-electron chi connectivity index (χ0n) is 11.6. The van der Waals surface area contributed by atoms with Crippen LogP contribution in [0.3, 0.4) is 0 Å². The van der Waals surface area contributed by atoms with Gasteiger partial charge in [0.05, 0.1) is 9.93 Å². The molecule has 0 saturated heterocycles. The summed E-state index contributed by atoms with van der Waals surface area (Å²) in [5.74, 6) is -0.414. The molecule has 0 aliphatic rings. The topological polar surface area (TPSA) is 51.2 Å². The van der Waals surface area contributed by atoms with Crippen LogP contribution in [0.15, 0.2) is 53.4 Å². The van der Waals surface area contributed by atoms with E-state index in [0.717, 1.165) is 6.26 Å². The molecular formula is C16H12ClFO3S. The van der Waals surface area contributed by atoms with Gasteiger partial charge in [-0.2, -0.15) is 0 Å². The monoisotopic (exact) mass is 338 g/mol. The van der Waals surface area contributed by atoms with E-state index in [9.17, 15) is 17.6 Å². The average Bonchev–Trinajstić information content (AvgIpc) is 2.49. The highest BCUT2D eigenvalue weighted by molar-refractivity contribution is 7.90. The van der Waals surface area contributed by atoms with Crippen molar-refractivity contribution in [2.24, 2.45) is 0 Å². The largest absolute Gasteiger partial charge is 0.298 e. The molecule has 0 fully saturated rings. The van der Waals surface area contributed by atoms with Crippen molar-refractivity contribution in [1.29, 1.82) is 0 Å². The van der Waals surface area contributed by atoms with Gasteiger partial charge in [0.2, 0.25) is 0 Å². The van der Waals surface area contributed by atoms with Crippen LogP contribution in [0.1, 0.15) is 11.1 Å². The Bertz CT molecular complexity index is 823. The summed E-state index contributed by atoms with van der Waals surface area (Å²) >= 11 is 6.22. The van der Waals surface area contributed by atoms with Gasteiger partial charge in [-0.3, -0.25) is 4.79 Å². The molecule has 22 heavy (non-hydrogen) atoms. The van der Waals surface area contributed by atoms with Crippen LogP contribution in [-0.4, -0.2) is 21.0 Å². The summed E-state index contributed by atoms with van der Waals surface area (Å²) in [6.45, 7) is 0. The van der Waals surface area contributed by atoms with Crippen LogP contribution in [-0.2, 0) is 14.6 Å². The Morgan fingerprint density at radius 3 is 1.95 bits per heavy atom. The molecule has 0 aliphatic carbocycles. The summed E-state index contributed by atoms with van der Waals surface area (Å²) in [5, 5.41) is 0.168. The van der Waals surface area contributed by atoms with E-state index in [1.165, 1.54) is 48.5 Å². The molecule has 0 atom stereocenters. The fourth-order valence-corrected chi connectivity index (χ4v) is 2.79. The lowest BCUT2D eigenvalue weighted by Gasteiger charge is -2.07. The van der Waals surface area contributed by atoms with Gasteiger partial charge in [0.25, 0.3) is 0 Å². The van der Waals surface area contributed by atoms with Gasteiger partial charge in [0.15, 0.2) is 16.1 Å². The second-order valence-corrected chi connectivity index (χ2v) is 7.04. The van der Waals surface area contributed by atoms with Crippen molar-refractivity contribution in [2.75, 3.05) is 6.26 Å². The number of sulfone groups is 1. The fraction of sp³-hybridized carbons (Fsp3) is 0.0625. The second kappa shape index (κ2) is 6.42. The van der Waals surface area contributed by atoms with E-state index in [1.807, 2.05) is 0 Å². The summed E-state index contributed by atoms with van der Waals surface area (Å²) in [5.41, 5.74) is 1.18. The third-order valence-corrected chi connectivity index (χ3v) is 4.60. The predicted molar refractivity (Wildman–Crippen MR) is 84.7 cm³/mol. The fourth-order valence-electron chi connectivity index (χ4n) is 1.88. The van der Waals surface area contributed by atoms with Crippen molar-refractivity contribution >= 4 is 38.3 Å². The molecule has 2 aromatic carbocycles. The van der Waals surface area contributed by atoms with Gasteiger partial charge >= 0.3 is 0 Å². The number of carbonyl (C=O) groups is 1. The lowest BCUT2D eigenvalue weighted by molar-refractivity contribution is -0.103. The Morgan fingerprint density at radius 2 is 1.50 bits per heavy atom. The number of benzene rings is 2. The maximum Gasteiger partial charge on any atom is 0.175 e. The SMILES string of the molecule is CS(=O)(=O)c1ccc(/C(Cl)=C(/C=O)c2ccc(F)cc2)cc1. The van der Waals surface area contributed by atoms with Gasteiger partial charge in [-0.05, 0) is 35.4 Å². The van der Waals surface area contributed by atoms with Crippen LogP contribution in [0.5, 0.6) is 0 Å². The Balaban J connectivity index is 2.48. The molecule has 2 aromatic rings. The Hall–Kier alpha value is -1.98. The molecule has 0 saturated carbocycles. The first-order valence-electron chi connectivity index (χ1n) is 6.24. The van der Waals surface area contributed by atoms with Crippen molar-refractivity contribution in [3.63, 3.8) is 0 Å². The third kappa shape index (κ3) is 3.61. The number of carbonyl (C=O) groups excluding carboxylic acids is 1. The van der Waals surface area contributed by atoms with E-state index in [4.69, 9.17) is 11.6 Å². The number of halogens is 2. The number of hydrogen-bond acceptors (Lipinski definition) is 3. The first kappa shape index (κ1) is 16.4. The summed E-state index contributed by atoms with van der Waals surface area (Å²) in [6, 6.07) is 11.2. The quantitative estimate of drug-likeness (QED) is 0.487. The Kier molecular flexibility index (Phi) is 4.78. The van der Waals surface area contributed by atoms with Crippen molar-refractivity contribution in [2.45, 2.75) is 4.90 Å². The zero-order valence-corrected chi connectivity index (χ0v) is 13.2. The minimum Gasteiger partial charge on any atom is -0.298 e. The summed E-state index contributed by atoms with van der Waals surface area (Å²) in [4.78, 5) is 11.5. The van der Waals surface area contributed by atoms with Crippen molar-refractivity contribution in [3.05, 3.63) is 65.5 Å². The summed E-state index contributed by atoms with van der Waals surface area (Å²) in [7, 11) is -3.30. The van der Waals surface area contributed by atoms with E-state index >= 15 is 0 Å². The molecule has 0 unspecified atom stereocenters. The molecule has 0 aromatic heterocycles. The standard InChI is InChI=1S/C16H12ClFO3S/c1-22(20,21)14-8-4-12(5-9-14)16(17)15(10-19)11-2-6-13(18)7-3-11/h2-10H,1H3/b16-15+. The number of allylic oxidation sites excluding steroid dienone is 1. The van der Waals surface area contributed by atoms with Gasteiger partial charge in [-0.15, -0.1) is 0 Å². The minimum absolute atomic E-state index is 0.162. The van der Waals surface area contributed by atoms with E-state index in [-0.39, 0.29) is 15.5 Å². The summed E-state index contributed by atoms with van der Waals surface area (Å²) < 4.78 is 35.8. The normalized spacial score (nSPS) is 12.7. The highest BCUT2D eigenvalue weighted by atomic mass is 35.5. The molecular weight excluding hydrogens is 327 g/mol. The molecule has 0 aliphatic heterocycles. The molecule has 2 rings (SSSR count). The molecule has 0 N–H and O–H groups in total. The van der Waals surface area contributed by atoms with E-state index < -0.39 is 15.7 Å².